The Morgan fingerprint density at radius 3 is 2.89 bits per heavy atom. The average molecular weight is 306 g/mol. The van der Waals surface area contributed by atoms with Gasteiger partial charge in [-0.25, -0.2) is 4.68 Å². The van der Waals surface area contributed by atoms with Crippen LogP contribution in [0.3, 0.4) is 0 Å². The summed E-state index contributed by atoms with van der Waals surface area (Å²) in [6, 6.07) is 3.39. The van der Waals surface area contributed by atoms with Crippen LogP contribution < -0.4 is 20.8 Å². The first-order valence-corrected chi connectivity index (χ1v) is 5.02. The minimum Gasteiger partial charge on any atom is -0.487 e. The number of hydrogen-bond acceptors (Lipinski definition) is 4. The predicted octanol–water partition coefficient (Wildman–Crippen LogP) is -0.328. The molecule has 0 aliphatic heterocycles. The quantitative estimate of drug-likeness (QED) is 0.756. The van der Waals surface area contributed by atoms with Crippen LogP contribution in [0.15, 0.2) is 35.2 Å². The lowest BCUT2D eigenvalue weighted by Gasteiger charge is -2.02. The van der Waals surface area contributed by atoms with Crippen molar-refractivity contribution >= 4 is 30.7 Å². The zero-order valence-electron chi connectivity index (χ0n) is 9.78. The Morgan fingerprint density at radius 1 is 1.53 bits per heavy atom. The van der Waals surface area contributed by atoms with E-state index in [0.717, 1.165) is 0 Å². The van der Waals surface area contributed by atoms with E-state index in [2.05, 4.69) is 20.1 Å². The van der Waals surface area contributed by atoms with Crippen LogP contribution in [0.25, 0.3) is 0 Å². The summed E-state index contributed by atoms with van der Waals surface area (Å²) in [5.41, 5.74) is 0.502. The number of aromatic nitrogens is 3. The molecule has 0 aliphatic carbocycles. The van der Waals surface area contributed by atoms with Gasteiger partial charge in [-0.05, 0) is 12.1 Å². The molecule has 2 aromatic rings. The third-order valence-electron chi connectivity index (χ3n) is 2.06. The second-order valence-corrected chi connectivity index (χ2v) is 3.33. The number of halogens is 2. The molecule has 0 bridgehead atoms. The summed E-state index contributed by atoms with van der Waals surface area (Å²) in [4.78, 5) is 15.5. The highest BCUT2D eigenvalue weighted by molar-refractivity contribution is 5.93. The lowest BCUT2D eigenvalue weighted by Crippen LogP contribution is -2.43. The Bertz CT molecular complexity index is 554. The molecule has 19 heavy (non-hydrogen) atoms. The van der Waals surface area contributed by atoms with E-state index in [0.29, 0.717) is 18.7 Å². The van der Waals surface area contributed by atoms with E-state index in [1.807, 2.05) is 0 Å². The van der Waals surface area contributed by atoms with Gasteiger partial charge in [0.15, 0.2) is 6.54 Å². The number of nitrogens with zero attached hydrogens (tertiary/aromatic N) is 3. The van der Waals surface area contributed by atoms with Gasteiger partial charge in [-0.15, -0.1) is 24.8 Å². The first-order chi connectivity index (χ1) is 8.25. The highest BCUT2D eigenvalue weighted by Crippen LogP contribution is 1.93. The van der Waals surface area contributed by atoms with Crippen molar-refractivity contribution in [1.29, 1.82) is 5.41 Å². The Balaban J connectivity index is 0.00000162. The number of carbonyl (C=O) groups is 1. The molecule has 2 aromatic heterocycles. The molecule has 2 rings (SSSR count). The molecule has 0 fully saturated rings. The molecule has 2 heterocycles. The van der Waals surface area contributed by atoms with Crippen molar-refractivity contribution in [1.82, 2.24) is 15.6 Å². The maximum absolute atomic E-state index is 11.6. The number of nitrogens with one attached hydrogen (secondary N) is 2. The minimum absolute atomic E-state index is 0. The summed E-state index contributed by atoms with van der Waals surface area (Å²) < 4.78 is 6.01. The standard InChI is InChI=1S/C10H11N5O2.2ClH/c11-9-7-15(14-17-9)5-4-13-10(16)8-2-1-3-12-6-8;;/h1-3,6-7,11H,4-5H2,(H,13,16);2*1H. The largest absolute Gasteiger partial charge is 0.487 e. The molecule has 0 unspecified atom stereocenters. The van der Waals surface area contributed by atoms with E-state index in [9.17, 15) is 4.79 Å². The summed E-state index contributed by atoms with van der Waals surface area (Å²) in [5.74, 6) is -0.187. The van der Waals surface area contributed by atoms with Gasteiger partial charge in [-0.3, -0.25) is 20.5 Å². The Hall–Kier alpha value is -1.86. The normalized spacial score (nSPS) is 9.05. The number of carbonyl (C=O) groups excluding carboxylic acids is 1. The number of rotatable bonds is 4. The van der Waals surface area contributed by atoms with Crippen LogP contribution >= 0.6 is 24.8 Å². The number of hydrogen-bond donors (Lipinski definition) is 2. The van der Waals surface area contributed by atoms with Gasteiger partial charge >= 0.3 is 0 Å². The van der Waals surface area contributed by atoms with E-state index in [1.54, 1.807) is 18.3 Å². The fourth-order valence-corrected chi connectivity index (χ4v) is 1.27. The average Bonchev–Trinajstić information content (AvgIpc) is 2.76. The van der Waals surface area contributed by atoms with Crippen LogP contribution in [0, 0.1) is 5.41 Å². The minimum atomic E-state index is -0.187. The van der Waals surface area contributed by atoms with Gasteiger partial charge in [-0.1, -0.05) is 0 Å². The molecule has 104 valence electrons. The molecule has 0 atom stereocenters. The van der Waals surface area contributed by atoms with Crippen molar-refractivity contribution in [2.24, 2.45) is 0 Å². The van der Waals surface area contributed by atoms with Gasteiger partial charge in [0.2, 0.25) is 6.20 Å². The molecule has 0 radical (unpaired) electrons. The lowest BCUT2D eigenvalue weighted by atomic mass is 10.3. The van der Waals surface area contributed by atoms with E-state index in [-0.39, 0.29) is 36.3 Å². The molecule has 1 amide bonds. The molecule has 0 saturated heterocycles. The fourth-order valence-electron chi connectivity index (χ4n) is 1.27. The highest BCUT2D eigenvalue weighted by Gasteiger charge is 2.04. The van der Waals surface area contributed by atoms with Crippen molar-refractivity contribution in [2.75, 3.05) is 6.54 Å². The highest BCUT2D eigenvalue weighted by atomic mass is 35.5. The first kappa shape index (κ1) is 17.1. The van der Waals surface area contributed by atoms with Crippen molar-refractivity contribution in [3.8, 4) is 0 Å². The molecule has 0 spiro atoms. The van der Waals surface area contributed by atoms with Crippen LogP contribution in [0.1, 0.15) is 10.4 Å². The van der Waals surface area contributed by atoms with Crippen LogP contribution in [0.2, 0.25) is 0 Å². The molecule has 0 aliphatic rings. The lowest BCUT2D eigenvalue weighted by molar-refractivity contribution is -0.765. The van der Waals surface area contributed by atoms with Crippen molar-refractivity contribution in [2.45, 2.75) is 6.54 Å². The van der Waals surface area contributed by atoms with Crippen molar-refractivity contribution < 1.29 is 14.0 Å². The third kappa shape index (κ3) is 5.11. The predicted molar refractivity (Wildman–Crippen MR) is 69.1 cm³/mol. The Labute approximate surface area is 121 Å². The summed E-state index contributed by atoms with van der Waals surface area (Å²) in [5, 5.41) is 13.4. The van der Waals surface area contributed by atoms with E-state index >= 15 is 0 Å². The second kappa shape index (κ2) is 8.28. The number of amides is 1. The summed E-state index contributed by atoms with van der Waals surface area (Å²) >= 11 is 0. The first-order valence-electron chi connectivity index (χ1n) is 5.02. The second-order valence-electron chi connectivity index (χ2n) is 3.33. The maximum atomic E-state index is 11.6. The van der Waals surface area contributed by atoms with Gasteiger partial charge in [0.05, 0.1) is 12.1 Å². The van der Waals surface area contributed by atoms with Gasteiger partial charge in [0, 0.05) is 12.4 Å². The molecule has 9 heteroatoms. The topological polar surface area (TPSA) is 97.0 Å². The van der Waals surface area contributed by atoms with Gasteiger partial charge in [0.1, 0.15) is 0 Å². The summed E-state index contributed by atoms with van der Waals surface area (Å²) in [7, 11) is 0. The smallest absolute Gasteiger partial charge is 0.264 e. The number of pyridine rings is 1. The van der Waals surface area contributed by atoms with Crippen LogP contribution in [-0.4, -0.2) is 17.4 Å². The third-order valence-corrected chi connectivity index (χ3v) is 2.06. The molecule has 0 aromatic carbocycles. The zero-order valence-corrected chi connectivity index (χ0v) is 11.4. The molecule has 7 nitrogen and oxygen atoms in total. The molecular weight excluding hydrogens is 293 g/mol. The molecular formula is C10H13Cl2N5O2. The summed E-state index contributed by atoms with van der Waals surface area (Å²) in [6.07, 6.45) is 4.55. The van der Waals surface area contributed by atoms with Crippen molar-refractivity contribution in [3.05, 3.63) is 41.8 Å². The van der Waals surface area contributed by atoms with Gasteiger partial charge < -0.3 is 9.84 Å². The summed E-state index contributed by atoms with van der Waals surface area (Å²) in [6.45, 7) is 0.860. The van der Waals surface area contributed by atoms with E-state index < -0.39 is 0 Å². The van der Waals surface area contributed by atoms with Gasteiger partial charge in [0.25, 0.3) is 11.5 Å². The van der Waals surface area contributed by atoms with Crippen molar-refractivity contribution in [3.63, 3.8) is 0 Å². The van der Waals surface area contributed by atoms with Gasteiger partial charge in [-0.2, -0.15) is 0 Å². The van der Waals surface area contributed by atoms with Crippen LogP contribution in [0.4, 0.5) is 0 Å². The van der Waals surface area contributed by atoms with Crippen LogP contribution in [0.5, 0.6) is 0 Å². The van der Waals surface area contributed by atoms with E-state index in [1.165, 1.54) is 17.1 Å². The fraction of sp³-hybridized carbons (Fsp3) is 0.200. The Morgan fingerprint density at radius 2 is 2.32 bits per heavy atom. The molecule has 2 N–H and O–H groups in total. The zero-order chi connectivity index (χ0) is 12.1. The van der Waals surface area contributed by atoms with E-state index in [4.69, 9.17) is 5.41 Å². The van der Waals surface area contributed by atoms with Crippen LogP contribution in [-0.2, 0) is 6.54 Å². The SMILES string of the molecule is Cl.Cl.N=c1c[n+](CCNC(=O)c2cccnc2)[n-]o1. The monoisotopic (exact) mass is 305 g/mol. The maximum Gasteiger partial charge on any atom is 0.264 e. The molecule has 0 saturated carbocycles. The Kier molecular flexibility index (Phi) is 7.47.